The summed E-state index contributed by atoms with van der Waals surface area (Å²) in [4.78, 5) is 26.1. The smallest absolute Gasteiger partial charge is 0.234 e. The van der Waals surface area contributed by atoms with Gasteiger partial charge in [0.15, 0.2) is 0 Å². The number of carbonyl (C=O) groups is 2. The van der Waals surface area contributed by atoms with E-state index in [4.69, 9.17) is 0 Å². The van der Waals surface area contributed by atoms with Gasteiger partial charge in [-0.05, 0) is 53.0 Å². The molecule has 1 aliphatic heterocycles. The molecule has 120 valence electrons. The fourth-order valence-electron chi connectivity index (χ4n) is 2.97. The summed E-state index contributed by atoms with van der Waals surface area (Å²) in [5, 5.41) is 6.15. The highest BCUT2D eigenvalue weighted by Gasteiger charge is 2.29. The third kappa shape index (κ3) is 5.30. The normalized spacial score (nSPS) is 24.2. The number of likely N-dealkylation sites (tertiary alicyclic amines) is 1. The van der Waals surface area contributed by atoms with Crippen LogP contribution >= 0.6 is 0 Å². The molecular formula is C16H29N3O2. The Kier molecular flexibility index (Phi) is 5.25. The molecule has 1 saturated carbocycles. The molecule has 5 heteroatoms. The third-order valence-corrected chi connectivity index (χ3v) is 4.21. The molecule has 0 spiro atoms. The Morgan fingerprint density at radius 1 is 1.14 bits per heavy atom. The Morgan fingerprint density at radius 3 is 2.43 bits per heavy atom. The van der Waals surface area contributed by atoms with Gasteiger partial charge in [0.1, 0.15) is 0 Å². The summed E-state index contributed by atoms with van der Waals surface area (Å²) in [7, 11) is 0. The van der Waals surface area contributed by atoms with Gasteiger partial charge in [-0.2, -0.15) is 0 Å². The van der Waals surface area contributed by atoms with E-state index in [0.29, 0.717) is 6.54 Å². The standard InChI is InChI=1S/C16H29N3O2/c1-16(2,3)18-14(20)11-19-9-5-8-13(10-19)17-15(21)12-6-4-7-12/h12-13H,4-11H2,1-3H3,(H,17,21)(H,18,20). The topological polar surface area (TPSA) is 61.4 Å². The number of rotatable bonds is 4. The van der Waals surface area contributed by atoms with Gasteiger partial charge in [-0.3, -0.25) is 14.5 Å². The van der Waals surface area contributed by atoms with Crippen molar-refractivity contribution >= 4 is 11.8 Å². The lowest BCUT2D eigenvalue weighted by atomic mass is 9.84. The Balaban J connectivity index is 1.75. The molecule has 2 amide bonds. The quantitative estimate of drug-likeness (QED) is 0.821. The fraction of sp³-hybridized carbons (Fsp3) is 0.875. The van der Waals surface area contributed by atoms with Crippen LogP contribution in [0.1, 0.15) is 52.9 Å². The zero-order chi connectivity index (χ0) is 15.5. The molecule has 0 aromatic heterocycles. The van der Waals surface area contributed by atoms with Gasteiger partial charge in [0.05, 0.1) is 6.54 Å². The van der Waals surface area contributed by atoms with Crippen LogP contribution in [0.4, 0.5) is 0 Å². The largest absolute Gasteiger partial charge is 0.352 e. The first-order chi connectivity index (χ1) is 9.83. The molecule has 0 aromatic rings. The molecule has 2 aliphatic rings. The maximum Gasteiger partial charge on any atom is 0.234 e. The molecule has 1 aliphatic carbocycles. The van der Waals surface area contributed by atoms with Crippen LogP contribution in [-0.4, -0.2) is 47.9 Å². The minimum atomic E-state index is -0.190. The maximum absolute atomic E-state index is 12.0. The van der Waals surface area contributed by atoms with E-state index in [9.17, 15) is 9.59 Å². The molecule has 1 unspecified atom stereocenters. The third-order valence-electron chi connectivity index (χ3n) is 4.21. The lowest BCUT2D eigenvalue weighted by Gasteiger charge is -2.35. The second kappa shape index (κ2) is 6.77. The summed E-state index contributed by atoms with van der Waals surface area (Å²) < 4.78 is 0. The average Bonchev–Trinajstić information content (AvgIpc) is 2.23. The maximum atomic E-state index is 12.0. The van der Waals surface area contributed by atoms with E-state index >= 15 is 0 Å². The van der Waals surface area contributed by atoms with Crippen molar-refractivity contribution in [2.45, 2.75) is 64.5 Å². The minimum absolute atomic E-state index is 0.0634. The highest BCUT2D eigenvalue weighted by Crippen LogP contribution is 2.26. The highest BCUT2D eigenvalue weighted by molar-refractivity contribution is 5.80. The predicted molar refractivity (Wildman–Crippen MR) is 82.8 cm³/mol. The molecule has 1 saturated heterocycles. The second-order valence-corrected chi connectivity index (χ2v) is 7.51. The minimum Gasteiger partial charge on any atom is -0.352 e. The van der Waals surface area contributed by atoms with Crippen LogP contribution in [0.5, 0.6) is 0 Å². The highest BCUT2D eigenvalue weighted by atomic mass is 16.2. The number of nitrogens with one attached hydrogen (secondary N) is 2. The molecule has 0 aromatic carbocycles. The Morgan fingerprint density at radius 2 is 1.86 bits per heavy atom. The predicted octanol–water partition coefficient (Wildman–Crippen LogP) is 1.28. The van der Waals surface area contributed by atoms with E-state index < -0.39 is 0 Å². The monoisotopic (exact) mass is 295 g/mol. The number of hydrogen-bond acceptors (Lipinski definition) is 3. The van der Waals surface area contributed by atoms with Crippen molar-refractivity contribution < 1.29 is 9.59 Å². The summed E-state index contributed by atoms with van der Waals surface area (Å²) in [6.45, 7) is 8.12. The van der Waals surface area contributed by atoms with Crippen molar-refractivity contribution in [2.24, 2.45) is 5.92 Å². The Hall–Kier alpha value is -1.10. The van der Waals surface area contributed by atoms with Crippen LogP contribution < -0.4 is 10.6 Å². The molecule has 21 heavy (non-hydrogen) atoms. The van der Waals surface area contributed by atoms with Crippen molar-refractivity contribution in [3.63, 3.8) is 0 Å². The molecule has 1 heterocycles. The Bertz CT molecular complexity index is 385. The first kappa shape index (κ1) is 16.3. The molecule has 2 N–H and O–H groups in total. The van der Waals surface area contributed by atoms with Gasteiger partial charge in [0, 0.05) is 24.0 Å². The van der Waals surface area contributed by atoms with E-state index in [2.05, 4.69) is 15.5 Å². The van der Waals surface area contributed by atoms with Crippen molar-refractivity contribution in [2.75, 3.05) is 19.6 Å². The molecule has 5 nitrogen and oxygen atoms in total. The van der Waals surface area contributed by atoms with Gasteiger partial charge >= 0.3 is 0 Å². The van der Waals surface area contributed by atoms with Gasteiger partial charge in [0.2, 0.25) is 11.8 Å². The summed E-state index contributed by atoms with van der Waals surface area (Å²) >= 11 is 0. The first-order valence-corrected chi connectivity index (χ1v) is 8.17. The molecule has 2 fully saturated rings. The zero-order valence-electron chi connectivity index (χ0n) is 13.6. The first-order valence-electron chi connectivity index (χ1n) is 8.17. The van der Waals surface area contributed by atoms with E-state index in [1.807, 2.05) is 20.8 Å². The number of carbonyl (C=O) groups excluding carboxylic acids is 2. The molecule has 2 rings (SSSR count). The molecular weight excluding hydrogens is 266 g/mol. The Labute approximate surface area is 127 Å². The van der Waals surface area contributed by atoms with Crippen LogP contribution in [0.15, 0.2) is 0 Å². The zero-order valence-corrected chi connectivity index (χ0v) is 13.6. The number of amides is 2. The van der Waals surface area contributed by atoms with E-state index in [1.165, 1.54) is 6.42 Å². The second-order valence-electron chi connectivity index (χ2n) is 7.51. The number of hydrogen-bond donors (Lipinski definition) is 2. The SMILES string of the molecule is CC(C)(C)NC(=O)CN1CCCC(NC(=O)C2CCC2)C1. The van der Waals surface area contributed by atoms with E-state index in [1.54, 1.807) is 0 Å². The van der Waals surface area contributed by atoms with Crippen molar-refractivity contribution in [3.05, 3.63) is 0 Å². The van der Waals surface area contributed by atoms with Crippen LogP contribution in [-0.2, 0) is 9.59 Å². The summed E-state index contributed by atoms with van der Waals surface area (Å²) in [6.07, 6.45) is 5.32. The van der Waals surface area contributed by atoms with E-state index in [-0.39, 0.29) is 29.3 Å². The molecule has 0 bridgehead atoms. The van der Waals surface area contributed by atoms with Gasteiger partial charge < -0.3 is 10.6 Å². The molecule has 1 atom stereocenters. The summed E-state index contributed by atoms with van der Waals surface area (Å²) in [5.41, 5.74) is -0.190. The lowest BCUT2D eigenvalue weighted by molar-refractivity contribution is -0.128. The van der Waals surface area contributed by atoms with Crippen LogP contribution in [0.2, 0.25) is 0 Å². The van der Waals surface area contributed by atoms with Gasteiger partial charge in [-0.15, -0.1) is 0 Å². The van der Waals surface area contributed by atoms with Crippen LogP contribution in [0, 0.1) is 5.92 Å². The van der Waals surface area contributed by atoms with Gasteiger partial charge in [-0.25, -0.2) is 0 Å². The van der Waals surface area contributed by atoms with Crippen molar-refractivity contribution in [1.29, 1.82) is 0 Å². The molecule has 0 radical (unpaired) electrons. The average molecular weight is 295 g/mol. The lowest BCUT2D eigenvalue weighted by Crippen LogP contribution is -2.53. The van der Waals surface area contributed by atoms with Crippen molar-refractivity contribution in [1.82, 2.24) is 15.5 Å². The van der Waals surface area contributed by atoms with Gasteiger partial charge in [0.25, 0.3) is 0 Å². The van der Waals surface area contributed by atoms with Gasteiger partial charge in [-0.1, -0.05) is 6.42 Å². The van der Waals surface area contributed by atoms with Crippen molar-refractivity contribution in [3.8, 4) is 0 Å². The summed E-state index contributed by atoms with van der Waals surface area (Å²) in [6, 6.07) is 0.203. The van der Waals surface area contributed by atoms with Crippen LogP contribution in [0.3, 0.4) is 0 Å². The van der Waals surface area contributed by atoms with E-state index in [0.717, 1.165) is 38.8 Å². The summed E-state index contributed by atoms with van der Waals surface area (Å²) in [5.74, 6) is 0.519. The fourth-order valence-corrected chi connectivity index (χ4v) is 2.97. The number of piperidine rings is 1. The van der Waals surface area contributed by atoms with Crippen LogP contribution in [0.25, 0.3) is 0 Å². The number of nitrogens with zero attached hydrogens (tertiary/aromatic N) is 1.